The number of aryl methyl sites for hydroxylation is 1. The summed E-state index contributed by atoms with van der Waals surface area (Å²) >= 11 is 6.37. The lowest BCUT2D eigenvalue weighted by Gasteiger charge is -2.31. The third-order valence-corrected chi connectivity index (χ3v) is 5.05. The topological polar surface area (TPSA) is 32.3 Å². The normalized spacial score (nSPS) is 17.9. The first-order valence-electron chi connectivity index (χ1n) is 8.64. The van der Waals surface area contributed by atoms with Crippen LogP contribution in [0.2, 0.25) is 5.02 Å². The Labute approximate surface area is 152 Å². The first-order chi connectivity index (χ1) is 12.1. The van der Waals surface area contributed by atoms with E-state index in [1.54, 1.807) is 19.1 Å². The van der Waals surface area contributed by atoms with Crippen LogP contribution in [0.1, 0.15) is 42.9 Å². The van der Waals surface area contributed by atoms with Crippen molar-refractivity contribution in [3.63, 3.8) is 0 Å². The second-order valence-electron chi connectivity index (χ2n) is 6.47. The fourth-order valence-corrected chi connectivity index (χ4v) is 3.55. The quantitative estimate of drug-likeness (QED) is 0.706. The average molecular weight is 361 g/mol. The number of hydrogen-bond acceptors (Lipinski definition) is 1. The van der Waals surface area contributed by atoms with Gasteiger partial charge in [0.2, 0.25) is 0 Å². The summed E-state index contributed by atoms with van der Waals surface area (Å²) in [5.74, 6) is -0.323. The summed E-state index contributed by atoms with van der Waals surface area (Å²) in [5.41, 5.74) is 1.99. The van der Waals surface area contributed by atoms with Gasteiger partial charge in [0.15, 0.2) is 0 Å². The molecule has 5 heteroatoms. The highest BCUT2D eigenvalue weighted by atomic mass is 35.5. The fourth-order valence-electron chi connectivity index (χ4n) is 3.29. The van der Waals surface area contributed by atoms with Crippen LogP contribution in [0.3, 0.4) is 0 Å². The van der Waals surface area contributed by atoms with Crippen molar-refractivity contribution >= 4 is 23.3 Å². The van der Waals surface area contributed by atoms with Gasteiger partial charge in [-0.1, -0.05) is 48.7 Å². The standard InChI is InChI=1S/C20H22ClFN2O/c1-14-10-11-15(13-18(14)22)23-20(25)24-12-6-2-3-9-19(24)16-7-4-5-8-17(16)21/h4-5,7-8,10-11,13,19H,2-3,6,9,12H2,1H3,(H,23,25)/t19-/m0/s1. The van der Waals surface area contributed by atoms with Crippen LogP contribution in [0, 0.1) is 12.7 Å². The Balaban J connectivity index is 1.84. The molecule has 132 valence electrons. The average Bonchev–Trinajstić information content (AvgIpc) is 2.84. The number of benzene rings is 2. The second kappa shape index (κ2) is 7.87. The Morgan fingerprint density at radius 3 is 2.76 bits per heavy atom. The van der Waals surface area contributed by atoms with E-state index >= 15 is 0 Å². The van der Waals surface area contributed by atoms with Gasteiger partial charge in [0, 0.05) is 17.3 Å². The molecule has 0 aliphatic carbocycles. The number of urea groups is 1. The summed E-state index contributed by atoms with van der Waals surface area (Å²) < 4.78 is 13.7. The van der Waals surface area contributed by atoms with Crippen molar-refractivity contribution in [2.75, 3.05) is 11.9 Å². The first kappa shape index (κ1) is 17.7. The third kappa shape index (κ3) is 4.13. The molecule has 1 saturated heterocycles. The summed E-state index contributed by atoms with van der Waals surface area (Å²) in [5, 5.41) is 3.51. The van der Waals surface area contributed by atoms with Gasteiger partial charge in [-0.05, 0) is 49.1 Å². The van der Waals surface area contributed by atoms with Crippen molar-refractivity contribution in [3.8, 4) is 0 Å². The SMILES string of the molecule is Cc1ccc(NC(=O)N2CCCCC[C@H]2c2ccccc2Cl)cc1F. The Hall–Kier alpha value is -2.07. The van der Waals surface area contributed by atoms with Gasteiger partial charge in [-0.3, -0.25) is 0 Å². The smallest absolute Gasteiger partial charge is 0.317 e. The molecular formula is C20H22ClFN2O. The fraction of sp³-hybridized carbons (Fsp3) is 0.350. The third-order valence-electron chi connectivity index (χ3n) is 4.70. The molecule has 1 atom stereocenters. The molecule has 2 aromatic carbocycles. The summed E-state index contributed by atoms with van der Waals surface area (Å²) in [4.78, 5) is 14.7. The highest BCUT2D eigenvalue weighted by Gasteiger charge is 2.28. The van der Waals surface area contributed by atoms with E-state index in [0.29, 0.717) is 22.8 Å². The molecule has 25 heavy (non-hydrogen) atoms. The summed E-state index contributed by atoms with van der Waals surface area (Å²) in [6.45, 7) is 2.36. The highest BCUT2D eigenvalue weighted by Crippen LogP contribution is 2.34. The lowest BCUT2D eigenvalue weighted by molar-refractivity contribution is 0.189. The number of carbonyl (C=O) groups is 1. The predicted octanol–water partition coefficient (Wildman–Crippen LogP) is 5.94. The summed E-state index contributed by atoms with van der Waals surface area (Å²) in [6.07, 6.45) is 3.97. The van der Waals surface area contributed by atoms with Crippen LogP contribution in [-0.4, -0.2) is 17.5 Å². The molecule has 1 aliphatic heterocycles. The first-order valence-corrected chi connectivity index (χ1v) is 9.02. The van der Waals surface area contributed by atoms with Crippen LogP contribution in [0.15, 0.2) is 42.5 Å². The van der Waals surface area contributed by atoms with Crippen LogP contribution >= 0.6 is 11.6 Å². The maximum absolute atomic E-state index is 13.7. The van der Waals surface area contributed by atoms with Crippen molar-refractivity contribution < 1.29 is 9.18 Å². The number of rotatable bonds is 2. The Bertz CT molecular complexity index is 765. The lowest BCUT2D eigenvalue weighted by Crippen LogP contribution is -2.38. The van der Waals surface area contributed by atoms with Crippen LogP contribution in [-0.2, 0) is 0 Å². The number of carbonyl (C=O) groups excluding carboxylic acids is 1. The van der Waals surface area contributed by atoms with Crippen LogP contribution < -0.4 is 5.32 Å². The van der Waals surface area contributed by atoms with Gasteiger partial charge >= 0.3 is 6.03 Å². The summed E-state index contributed by atoms with van der Waals surface area (Å²) in [7, 11) is 0. The van der Waals surface area contributed by atoms with E-state index in [2.05, 4.69) is 5.32 Å². The zero-order chi connectivity index (χ0) is 17.8. The van der Waals surface area contributed by atoms with Crippen LogP contribution in [0.25, 0.3) is 0 Å². The molecule has 1 aliphatic rings. The number of likely N-dealkylation sites (tertiary alicyclic amines) is 1. The van der Waals surface area contributed by atoms with Crippen LogP contribution in [0.5, 0.6) is 0 Å². The molecule has 2 amide bonds. The Morgan fingerprint density at radius 1 is 1.20 bits per heavy atom. The second-order valence-corrected chi connectivity index (χ2v) is 6.88. The molecular weight excluding hydrogens is 339 g/mol. The van der Waals surface area contributed by atoms with Crippen molar-refractivity contribution in [2.45, 2.75) is 38.6 Å². The van der Waals surface area contributed by atoms with Gasteiger partial charge < -0.3 is 10.2 Å². The lowest BCUT2D eigenvalue weighted by atomic mass is 10.0. The van der Waals surface area contributed by atoms with E-state index in [1.165, 1.54) is 6.07 Å². The molecule has 0 saturated carbocycles. The van der Waals surface area contributed by atoms with Gasteiger partial charge in [0.05, 0.1) is 6.04 Å². The molecule has 1 fully saturated rings. The number of anilines is 1. The van der Waals surface area contributed by atoms with E-state index < -0.39 is 0 Å². The molecule has 1 heterocycles. The zero-order valence-corrected chi connectivity index (χ0v) is 15.0. The Morgan fingerprint density at radius 2 is 2.00 bits per heavy atom. The number of hydrogen-bond donors (Lipinski definition) is 1. The maximum Gasteiger partial charge on any atom is 0.322 e. The van der Waals surface area contributed by atoms with Gasteiger partial charge in [-0.15, -0.1) is 0 Å². The molecule has 2 aromatic rings. The van der Waals surface area contributed by atoms with E-state index in [0.717, 1.165) is 31.2 Å². The molecule has 3 nitrogen and oxygen atoms in total. The molecule has 0 spiro atoms. The number of halogens is 2. The molecule has 0 aromatic heterocycles. The van der Waals surface area contributed by atoms with Crippen molar-refractivity contribution in [1.29, 1.82) is 0 Å². The van der Waals surface area contributed by atoms with Gasteiger partial charge in [-0.2, -0.15) is 0 Å². The van der Waals surface area contributed by atoms with Gasteiger partial charge in [0.1, 0.15) is 5.82 Å². The maximum atomic E-state index is 13.7. The largest absolute Gasteiger partial charge is 0.322 e. The minimum atomic E-state index is -0.323. The summed E-state index contributed by atoms with van der Waals surface area (Å²) in [6, 6.07) is 12.1. The van der Waals surface area contributed by atoms with Crippen LogP contribution in [0.4, 0.5) is 14.9 Å². The molecule has 3 rings (SSSR count). The van der Waals surface area contributed by atoms with Gasteiger partial charge in [-0.25, -0.2) is 9.18 Å². The van der Waals surface area contributed by atoms with Crippen molar-refractivity contribution in [1.82, 2.24) is 4.90 Å². The number of nitrogens with one attached hydrogen (secondary N) is 1. The van der Waals surface area contributed by atoms with Crippen molar-refractivity contribution in [3.05, 3.63) is 64.4 Å². The molecule has 0 radical (unpaired) electrons. The molecule has 1 N–H and O–H groups in total. The zero-order valence-electron chi connectivity index (χ0n) is 14.3. The Kier molecular flexibility index (Phi) is 5.59. The molecule has 0 bridgehead atoms. The highest BCUT2D eigenvalue weighted by molar-refractivity contribution is 6.31. The predicted molar refractivity (Wildman–Crippen MR) is 99.5 cm³/mol. The minimum Gasteiger partial charge on any atom is -0.317 e. The van der Waals surface area contributed by atoms with E-state index in [4.69, 9.17) is 11.6 Å². The van der Waals surface area contributed by atoms with E-state index in [1.807, 2.05) is 29.2 Å². The monoisotopic (exact) mass is 360 g/mol. The number of nitrogens with zero attached hydrogens (tertiary/aromatic N) is 1. The van der Waals surface area contributed by atoms with Crippen molar-refractivity contribution in [2.24, 2.45) is 0 Å². The number of amides is 2. The molecule has 0 unspecified atom stereocenters. The van der Waals surface area contributed by atoms with Gasteiger partial charge in [0.25, 0.3) is 0 Å². The van der Waals surface area contributed by atoms with E-state index in [9.17, 15) is 9.18 Å². The van der Waals surface area contributed by atoms with E-state index in [-0.39, 0.29) is 17.9 Å². The minimum absolute atomic E-state index is 0.0634.